The molecule has 5 heteroatoms. The summed E-state index contributed by atoms with van der Waals surface area (Å²) in [7, 11) is 0. The van der Waals surface area contributed by atoms with Gasteiger partial charge in [-0.2, -0.15) is 0 Å². The fourth-order valence-corrected chi connectivity index (χ4v) is 2.32. The molecule has 112 valence electrons. The van der Waals surface area contributed by atoms with Crippen LogP contribution in [0.3, 0.4) is 0 Å². The van der Waals surface area contributed by atoms with Crippen molar-refractivity contribution in [2.24, 2.45) is 5.92 Å². The molecule has 21 heavy (non-hydrogen) atoms. The minimum Gasteiger partial charge on any atom is -0.500 e. The molecular weight excluding hydrogens is 268 g/mol. The Morgan fingerprint density at radius 3 is 2.86 bits per heavy atom. The molecule has 0 aliphatic carbocycles. The van der Waals surface area contributed by atoms with E-state index >= 15 is 0 Å². The Bertz CT molecular complexity index is 525. The van der Waals surface area contributed by atoms with E-state index in [0.29, 0.717) is 19.7 Å². The van der Waals surface area contributed by atoms with E-state index in [1.807, 2.05) is 31.2 Å². The van der Waals surface area contributed by atoms with Crippen LogP contribution in [0.4, 0.5) is 5.69 Å². The van der Waals surface area contributed by atoms with Gasteiger partial charge in [-0.15, -0.1) is 0 Å². The molecule has 0 aromatic heterocycles. The van der Waals surface area contributed by atoms with Gasteiger partial charge < -0.3 is 15.0 Å². The summed E-state index contributed by atoms with van der Waals surface area (Å²) >= 11 is 0. The molecule has 1 aliphatic heterocycles. The Morgan fingerprint density at radius 2 is 2.19 bits per heavy atom. The molecule has 2 amide bonds. The quantitative estimate of drug-likeness (QED) is 0.639. The number of carbonyl (C=O) groups is 2. The molecule has 2 rings (SSSR count). The smallest absolute Gasteiger partial charge is 0.227 e. The third-order valence-corrected chi connectivity index (χ3v) is 3.48. The maximum absolute atomic E-state index is 12.1. The average Bonchev–Trinajstić information content (AvgIpc) is 2.86. The van der Waals surface area contributed by atoms with Crippen LogP contribution in [0.15, 0.2) is 37.1 Å². The SMILES string of the molecule is C=COCCNC(=O)C1CC(=O)N(c2ccc(C)cc2)C1. The maximum Gasteiger partial charge on any atom is 0.227 e. The molecule has 1 N–H and O–H groups in total. The first kappa shape index (κ1) is 15.1. The predicted molar refractivity (Wildman–Crippen MR) is 80.8 cm³/mol. The van der Waals surface area contributed by atoms with Crippen LogP contribution in [0.2, 0.25) is 0 Å². The highest BCUT2D eigenvalue weighted by Crippen LogP contribution is 2.25. The van der Waals surface area contributed by atoms with Gasteiger partial charge in [0.25, 0.3) is 0 Å². The Morgan fingerprint density at radius 1 is 1.48 bits per heavy atom. The lowest BCUT2D eigenvalue weighted by atomic mass is 10.1. The van der Waals surface area contributed by atoms with Gasteiger partial charge in [-0.25, -0.2) is 0 Å². The van der Waals surface area contributed by atoms with Gasteiger partial charge in [0.15, 0.2) is 0 Å². The molecule has 1 fully saturated rings. The number of rotatable bonds is 6. The molecule has 1 unspecified atom stereocenters. The van der Waals surface area contributed by atoms with Crippen LogP contribution in [0.1, 0.15) is 12.0 Å². The summed E-state index contributed by atoms with van der Waals surface area (Å²) < 4.78 is 4.94. The number of aryl methyl sites for hydroxylation is 1. The molecule has 1 heterocycles. The number of nitrogens with zero attached hydrogens (tertiary/aromatic N) is 1. The number of ether oxygens (including phenoxy) is 1. The summed E-state index contributed by atoms with van der Waals surface area (Å²) in [6, 6.07) is 7.74. The summed E-state index contributed by atoms with van der Waals surface area (Å²) in [5.74, 6) is -0.422. The lowest BCUT2D eigenvalue weighted by Crippen LogP contribution is -2.34. The first-order chi connectivity index (χ1) is 10.1. The molecule has 1 atom stereocenters. The molecule has 1 saturated heterocycles. The van der Waals surface area contributed by atoms with Crippen LogP contribution in [0.25, 0.3) is 0 Å². The maximum atomic E-state index is 12.1. The second kappa shape index (κ2) is 6.92. The molecule has 0 saturated carbocycles. The van der Waals surface area contributed by atoms with Crippen LogP contribution in [-0.4, -0.2) is 31.5 Å². The Labute approximate surface area is 124 Å². The average molecular weight is 288 g/mol. The van der Waals surface area contributed by atoms with Gasteiger partial charge >= 0.3 is 0 Å². The molecular formula is C16H20N2O3. The van der Waals surface area contributed by atoms with E-state index in [0.717, 1.165) is 11.3 Å². The van der Waals surface area contributed by atoms with Crippen LogP contribution in [-0.2, 0) is 14.3 Å². The highest BCUT2D eigenvalue weighted by Gasteiger charge is 2.34. The summed E-state index contributed by atoms with van der Waals surface area (Å²) in [4.78, 5) is 25.7. The molecule has 0 bridgehead atoms. The van der Waals surface area contributed by atoms with E-state index in [-0.39, 0.29) is 24.2 Å². The molecule has 1 aliphatic rings. The number of hydrogen-bond donors (Lipinski definition) is 1. The van der Waals surface area contributed by atoms with Crippen molar-refractivity contribution in [3.63, 3.8) is 0 Å². The second-order valence-electron chi connectivity index (χ2n) is 5.07. The van der Waals surface area contributed by atoms with Gasteiger partial charge in [0.1, 0.15) is 6.61 Å². The Balaban J connectivity index is 1.91. The standard InChI is InChI=1S/C16H20N2O3/c1-3-21-9-8-17-16(20)13-10-15(19)18(11-13)14-6-4-12(2)5-7-14/h3-7,13H,1,8-11H2,2H3,(H,17,20). The molecule has 1 aromatic rings. The molecule has 0 spiro atoms. The van der Waals surface area contributed by atoms with Gasteiger partial charge in [-0.3, -0.25) is 9.59 Å². The first-order valence-electron chi connectivity index (χ1n) is 6.99. The van der Waals surface area contributed by atoms with Crippen LogP contribution < -0.4 is 10.2 Å². The van der Waals surface area contributed by atoms with Crippen molar-refractivity contribution in [1.82, 2.24) is 5.32 Å². The minimum absolute atomic E-state index is 0.0126. The van der Waals surface area contributed by atoms with Crippen molar-refractivity contribution in [3.8, 4) is 0 Å². The third-order valence-electron chi connectivity index (χ3n) is 3.48. The van der Waals surface area contributed by atoms with Crippen molar-refractivity contribution in [2.45, 2.75) is 13.3 Å². The zero-order chi connectivity index (χ0) is 15.2. The number of amides is 2. The van der Waals surface area contributed by atoms with Crippen molar-refractivity contribution in [2.75, 3.05) is 24.6 Å². The van der Waals surface area contributed by atoms with E-state index in [9.17, 15) is 9.59 Å². The van der Waals surface area contributed by atoms with Gasteiger partial charge in [-0.1, -0.05) is 24.3 Å². The largest absolute Gasteiger partial charge is 0.500 e. The summed E-state index contributed by atoms with van der Waals surface area (Å²) in [5.41, 5.74) is 1.98. The molecule has 5 nitrogen and oxygen atoms in total. The summed E-state index contributed by atoms with van der Waals surface area (Å²) in [6.07, 6.45) is 1.59. The molecule has 1 aromatic carbocycles. The normalized spacial score (nSPS) is 17.7. The topological polar surface area (TPSA) is 58.6 Å². The lowest BCUT2D eigenvalue weighted by molar-refractivity contribution is -0.126. The molecule has 0 radical (unpaired) electrons. The number of hydrogen-bond acceptors (Lipinski definition) is 3. The van der Waals surface area contributed by atoms with E-state index < -0.39 is 0 Å². The van der Waals surface area contributed by atoms with Gasteiger partial charge in [0.05, 0.1) is 18.7 Å². The van der Waals surface area contributed by atoms with E-state index in [1.165, 1.54) is 6.26 Å². The minimum atomic E-state index is -0.303. The van der Waals surface area contributed by atoms with Gasteiger partial charge in [0.2, 0.25) is 11.8 Å². The number of nitrogens with one attached hydrogen (secondary N) is 1. The van der Waals surface area contributed by atoms with Crippen molar-refractivity contribution >= 4 is 17.5 Å². The zero-order valence-electron chi connectivity index (χ0n) is 12.2. The lowest BCUT2D eigenvalue weighted by Gasteiger charge is -2.17. The Hall–Kier alpha value is -2.30. The third kappa shape index (κ3) is 3.84. The van der Waals surface area contributed by atoms with E-state index in [2.05, 4.69) is 11.9 Å². The van der Waals surface area contributed by atoms with Gasteiger partial charge in [0, 0.05) is 18.7 Å². The fourth-order valence-electron chi connectivity index (χ4n) is 2.32. The number of anilines is 1. The summed E-state index contributed by atoms with van der Waals surface area (Å²) in [6.45, 7) is 6.66. The first-order valence-corrected chi connectivity index (χ1v) is 6.99. The predicted octanol–water partition coefficient (Wildman–Crippen LogP) is 1.62. The van der Waals surface area contributed by atoms with Gasteiger partial charge in [-0.05, 0) is 19.1 Å². The van der Waals surface area contributed by atoms with Crippen molar-refractivity contribution in [3.05, 3.63) is 42.7 Å². The summed E-state index contributed by atoms with van der Waals surface area (Å²) in [5, 5.41) is 2.77. The van der Waals surface area contributed by atoms with E-state index in [1.54, 1.807) is 4.90 Å². The zero-order valence-corrected chi connectivity index (χ0v) is 12.2. The number of carbonyl (C=O) groups excluding carboxylic acids is 2. The number of benzene rings is 1. The van der Waals surface area contributed by atoms with Crippen molar-refractivity contribution in [1.29, 1.82) is 0 Å². The highest BCUT2D eigenvalue weighted by atomic mass is 16.5. The monoisotopic (exact) mass is 288 g/mol. The van der Waals surface area contributed by atoms with Crippen LogP contribution in [0.5, 0.6) is 0 Å². The van der Waals surface area contributed by atoms with Crippen LogP contribution in [0, 0.1) is 12.8 Å². The van der Waals surface area contributed by atoms with Crippen LogP contribution >= 0.6 is 0 Å². The Kier molecular flexibility index (Phi) is 4.98. The fraction of sp³-hybridized carbons (Fsp3) is 0.375. The van der Waals surface area contributed by atoms with Crippen molar-refractivity contribution < 1.29 is 14.3 Å². The van der Waals surface area contributed by atoms with E-state index in [4.69, 9.17) is 4.74 Å². The second-order valence-corrected chi connectivity index (χ2v) is 5.07. The highest BCUT2D eigenvalue weighted by molar-refractivity contribution is 6.00.